The standard InChI is InChI=1S/C25H20ClN3O5S/c1-14-11-15(5-6-18(14)29-9-10-33-13-21(29)30)24-28-22-16(3-2-4-17(22)25(32)34-24)12-27-23(31)19-7-8-20(26)35-19/h2-8,11H,9-10,12-13H2,1H3,(H,27,31). The Hall–Kier alpha value is -3.53. The number of carbonyl (C=O) groups excluding carboxylic acids is 2. The number of aromatic nitrogens is 1. The number of morpholine rings is 1. The highest BCUT2D eigenvalue weighted by Gasteiger charge is 2.22. The van der Waals surface area contributed by atoms with E-state index >= 15 is 0 Å². The molecule has 1 saturated heterocycles. The largest absolute Gasteiger partial charge is 0.403 e. The van der Waals surface area contributed by atoms with Crippen LogP contribution in [0.2, 0.25) is 4.34 Å². The molecule has 178 valence electrons. The monoisotopic (exact) mass is 509 g/mol. The van der Waals surface area contributed by atoms with Crippen LogP contribution in [0.25, 0.3) is 22.4 Å². The molecule has 1 aliphatic rings. The van der Waals surface area contributed by atoms with E-state index in [0.29, 0.717) is 44.4 Å². The van der Waals surface area contributed by atoms with Gasteiger partial charge in [-0.05, 0) is 54.4 Å². The highest BCUT2D eigenvalue weighted by atomic mass is 35.5. The van der Waals surface area contributed by atoms with Gasteiger partial charge in [0.25, 0.3) is 11.8 Å². The molecule has 2 aromatic carbocycles. The van der Waals surface area contributed by atoms with Crippen LogP contribution >= 0.6 is 22.9 Å². The molecular weight excluding hydrogens is 490 g/mol. The molecule has 4 aromatic rings. The summed E-state index contributed by atoms with van der Waals surface area (Å²) in [7, 11) is 0. The van der Waals surface area contributed by atoms with Gasteiger partial charge in [0.2, 0.25) is 5.89 Å². The Morgan fingerprint density at radius 3 is 2.80 bits per heavy atom. The number of fused-ring (bicyclic) bond motifs is 1. The fraction of sp³-hybridized carbons (Fsp3) is 0.200. The van der Waals surface area contributed by atoms with Crippen molar-refractivity contribution in [3.63, 3.8) is 0 Å². The maximum atomic E-state index is 12.8. The van der Waals surface area contributed by atoms with Crippen molar-refractivity contribution < 1.29 is 18.7 Å². The van der Waals surface area contributed by atoms with E-state index in [4.69, 9.17) is 20.8 Å². The van der Waals surface area contributed by atoms with E-state index in [2.05, 4.69) is 10.3 Å². The molecule has 5 rings (SSSR count). The van der Waals surface area contributed by atoms with E-state index in [-0.39, 0.29) is 30.9 Å². The van der Waals surface area contributed by atoms with Crippen molar-refractivity contribution in [1.29, 1.82) is 0 Å². The summed E-state index contributed by atoms with van der Waals surface area (Å²) in [6.45, 7) is 3.08. The Morgan fingerprint density at radius 2 is 2.06 bits per heavy atom. The lowest BCUT2D eigenvalue weighted by atomic mass is 10.1. The third-order valence-electron chi connectivity index (χ3n) is 5.70. The van der Waals surface area contributed by atoms with E-state index < -0.39 is 5.63 Å². The Bertz CT molecular complexity index is 1510. The predicted molar refractivity (Wildman–Crippen MR) is 134 cm³/mol. The maximum absolute atomic E-state index is 12.8. The Balaban J connectivity index is 1.46. The zero-order chi connectivity index (χ0) is 24.5. The normalized spacial score (nSPS) is 13.9. The lowest BCUT2D eigenvalue weighted by molar-refractivity contribution is -0.125. The molecule has 8 nitrogen and oxygen atoms in total. The minimum Gasteiger partial charge on any atom is -0.403 e. The number of anilines is 1. The van der Waals surface area contributed by atoms with Crippen molar-refractivity contribution in [3.8, 4) is 11.5 Å². The van der Waals surface area contributed by atoms with E-state index in [1.807, 2.05) is 19.1 Å². The molecule has 0 aliphatic carbocycles. The molecule has 10 heteroatoms. The number of aryl methyl sites for hydroxylation is 1. The molecule has 0 unspecified atom stereocenters. The highest BCUT2D eigenvalue weighted by Crippen LogP contribution is 2.28. The average molecular weight is 510 g/mol. The summed E-state index contributed by atoms with van der Waals surface area (Å²) in [4.78, 5) is 44.2. The average Bonchev–Trinajstić information content (AvgIpc) is 3.29. The lowest BCUT2D eigenvalue weighted by Gasteiger charge is -2.28. The van der Waals surface area contributed by atoms with Crippen molar-refractivity contribution in [3.05, 3.63) is 79.3 Å². The van der Waals surface area contributed by atoms with E-state index in [1.54, 1.807) is 41.3 Å². The third kappa shape index (κ3) is 4.70. The second-order valence-corrected chi connectivity index (χ2v) is 9.72. The first-order valence-corrected chi connectivity index (χ1v) is 12.1. The van der Waals surface area contributed by atoms with Gasteiger partial charge in [-0.15, -0.1) is 11.3 Å². The third-order valence-corrected chi connectivity index (χ3v) is 6.93. The Morgan fingerprint density at radius 1 is 1.20 bits per heavy atom. The number of halogens is 1. The molecule has 2 aromatic heterocycles. The Labute approximate surface area is 209 Å². The van der Waals surface area contributed by atoms with Crippen molar-refractivity contribution in [2.45, 2.75) is 13.5 Å². The van der Waals surface area contributed by atoms with Crippen LogP contribution in [0.3, 0.4) is 0 Å². The number of hydrogen-bond acceptors (Lipinski definition) is 7. The summed E-state index contributed by atoms with van der Waals surface area (Å²) in [6.07, 6.45) is 0. The first-order valence-electron chi connectivity index (χ1n) is 10.9. The number of thiophene rings is 1. The zero-order valence-corrected chi connectivity index (χ0v) is 20.2. The summed E-state index contributed by atoms with van der Waals surface area (Å²) in [5, 5.41) is 3.17. The lowest BCUT2D eigenvalue weighted by Crippen LogP contribution is -2.42. The minimum atomic E-state index is -0.520. The predicted octanol–water partition coefficient (Wildman–Crippen LogP) is 4.17. The van der Waals surface area contributed by atoms with Gasteiger partial charge in [-0.1, -0.05) is 23.7 Å². The van der Waals surface area contributed by atoms with Crippen LogP contribution < -0.4 is 15.8 Å². The van der Waals surface area contributed by atoms with Gasteiger partial charge in [0.15, 0.2) is 0 Å². The van der Waals surface area contributed by atoms with Crippen LogP contribution in [0.1, 0.15) is 20.8 Å². The fourth-order valence-electron chi connectivity index (χ4n) is 3.98. The molecular formula is C25H20ClN3O5S. The minimum absolute atomic E-state index is 0.0567. The van der Waals surface area contributed by atoms with Crippen molar-refractivity contribution in [2.24, 2.45) is 0 Å². The first-order chi connectivity index (χ1) is 16.9. The molecule has 1 aliphatic heterocycles. The number of ether oxygens (including phenoxy) is 1. The second kappa shape index (κ2) is 9.61. The van der Waals surface area contributed by atoms with Gasteiger partial charge in [0.05, 0.1) is 26.7 Å². The van der Waals surface area contributed by atoms with E-state index in [0.717, 1.165) is 11.3 Å². The van der Waals surface area contributed by atoms with Crippen LogP contribution in [0.4, 0.5) is 5.69 Å². The summed E-state index contributed by atoms with van der Waals surface area (Å²) < 4.78 is 11.3. The number of hydrogen-bond donors (Lipinski definition) is 1. The fourth-order valence-corrected chi connectivity index (χ4v) is 4.94. The van der Waals surface area contributed by atoms with E-state index in [1.165, 1.54) is 11.3 Å². The number of carbonyl (C=O) groups is 2. The first kappa shape index (κ1) is 23.2. The smallest absolute Gasteiger partial charge is 0.347 e. The molecule has 0 saturated carbocycles. The van der Waals surface area contributed by atoms with Crippen molar-refractivity contribution >= 4 is 51.3 Å². The van der Waals surface area contributed by atoms with Gasteiger partial charge in [-0.2, -0.15) is 0 Å². The van der Waals surface area contributed by atoms with Crippen molar-refractivity contribution in [2.75, 3.05) is 24.7 Å². The molecule has 0 atom stereocenters. The molecule has 1 N–H and O–H groups in total. The van der Waals surface area contributed by atoms with E-state index in [9.17, 15) is 14.4 Å². The molecule has 1 fully saturated rings. The van der Waals surface area contributed by atoms with Gasteiger partial charge < -0.3 is 19.4 Å². The molecule has 0 spiro atoms. The van der Waals surface area contributed by atoms with Crippen LogP contribution in [0, 0.1) is 6.92 Å². The van der Waals surface area contributed by atoms with Gasteiger partial charge in [0.1, 0.15) is 6.61 Å². The van der Waals surface area contributed by atoms with Crippen LogP contribution in [0.5, 0.6) is 0 Å². The Kier molecular flexibility index (Phi) is 6.38. The summed E-state index contributed by atoms with van der Waals surface area (Å²) in [6, 6.07) is 13.9. The molecule has 0 radical (unpaired) electrons. The van der Waals surface area contributed by atoms with Crippen LogP contribution in [-0.4, -0.2) is 36.6 Å². The van der Waals surface area contributed by atoms with Gasteiger partial charge in [-0.25, -0.2) is 9.78 Å². The summed E-state index contributed by atoms with van der Waals surface area (Å²) >= 11 is 7.11. The van der Waals surface area contributed by atoms with Gasteiger partial charge >= 0.3 is 5.63 Å². The molecule has 2 amide bonds. The SMILES string of the molecule is Cc1cc(-c2nc3c(CNC(=O)c4ccc(Cl)s4)cccc3c(=O)o2)ccc1N1CCOCC1=O. The topological polar surface area (TPSA) is 102 Å². The maximum Gasteiger partial charge on any atom is 0.347 e. The highest BCUT2D eigenvalue weighted by molar-refractivity contribution is 7.18. The second-order valence-electron chi connectivity index (χ2n) is 8.01. The molecule has 3 heterocycles. The molecule has 35 heavy (non-hydrogen) atoms. The quantitative estimate of drug-likeness (QED) is 0.433. The zero-order valence-electron chi connectivity index (χ0n) is 18.7. The van der Waals surface area contributed by atoms with Gasteiger partial charge in [-0.3, -0.25) is 9.59 Å². The van der Waals surface area contributed by atoms with Crippen LogP contribution in [-0.2, 0) is 16.1 Å². The number of nitrogens with one attached hydrogen (secondary N) is 1. The summed E-state index contributed by atoms with van der Waals surface area (Å²) in [5.41, 5.74) is 2.85. The number of amides is 2. The number of nitrogens with zero attached hydrogens (tertiary/aromatic N) is 2. The summed E-state index contributed by atoms with van der Waals surface area (Å²) in [5.74, 6) is -0.195. The molecule has 0 bridgehead atoms. The number of para-hydroxylation sites is 1. The van der Waals surface area contributed by atoms with Crippen molar-refractivity contribution in [1.82, 2.24) is 10.3 Å². The number of benzene rings is 2. The van der Waals surface area contributed by atoms with Gasteiger partial charge in [0, 0.05) is 24.3 Å². The number of rotatable bonds is 5. The van der Waals surface area contributed by atoms with Crippen LogP contribution in [0.15, 0.2) is 57.7 Å².